The molecule has 2 amide bonds. The van der Waals surface area contributed by atoms with Crippen LogP contribution in [0.1, 0.15) is 22.3 Å². The third-order valence-corrected chi connectivity index (χ3v) is 4.60. The normalized spacial score (nSPS) is 14.1. The molecule has 7 heteroatoms. The predicted molar refractivity (Wildman–Crippen MR) is 100 cm³/mol. The summed E-state index contributed by atoms with van der Waals surface area (Å²) in [6.45, 7) is 1.44. The Balaban J connectivity index is 1.57. The number of hydrogen-bond donors (Lipinski definition) is 0. The van der Waals surface area contributed by atoms with E-state index in [0.29, 0.717) is 43.9 Å². The van der Waals surface area contributed by atoms with Gasteiger partial charge in [-0.15, -0.1) is 0 Å². The number of rotatable bonds is 4. The highest BCUT2D eigenvalue weighted by atomic mass is 19.1. The van der Waals surface area contributed by atoms with Crippen LogP contribution in [0.2, 0.25) is 0 Å². The van der Waals surface area contributed by atoms with Crippen molar-refractivity contribution in [2.24, 2.45) is 0 Å². The number of benzene rings is 2. The SMILES string of the molecule is N#Cc1ccccc1OCC(=O)N1CCCN(C(=O)c2ccccc2F)CC1. The molecule has 0 aromatic heterocycles. The fourth-order valence-electron chi connectivity index (χ4n) is 3.09. The number of carbonyl (C=O) groups is 2. The van der Waals surface area contributed by atoms with Crippen LogP contribution < -0.4 is 4.74 Å². The van der Waals surface area contributed by atoms with Crippen LogP contribution in [0.25, 0.3) is 0 Å². The zero-order valence-electron chi connectivity index (χ0n) is 15.3. The Morgan fingerprint density at radius 2 is 1.68 bits per heavy atom. The first kappa shape index (κ1) is 19.4. The van der Waals surface area contributed by atoms with Gasteiger partial charge in [0.1, 0.15) is 17.6 Å². The van der Waals surface area contributed by atoms with Crippen molar-refractivity contribution in [3.8, 4) is 11.8 Å². The molecule has 0 radical (unpaired) electrons. The van der Waals surface area contributed by atoms with Crippen molar-refractivity contribution < 1.29 is 18.7 Å². The maximum Gasteiger partial charge on any atom is 0.260 e. The van der Waals surface area contributed by atoms with E-state index in [1.807, 2.05) is 6.07 Å². The topological polar surface area (TPSA) is 73.6 Å². The van der Waals surface area contributed by atoms with Gasteiger partial charge < -0.3 is 14.5 Å². The van der Waals surface area contributed by atoms with Crippen LogP contribution in [-0.2, 0) is 4.79 Å². The number of carbonyl (C=O) groups excluding carboxylic acids is 2. The lowest BCUT2D eigenvalue weighted by Gasteiger charge is -2.22. The van der Waals surface area contributed by atoms with Gasteiger partial charge in [0.15, 0.2) is 6.61 Å². The van der Waals surface area contributed by atoms with Gasteiger partial charge in [-0.05, 0) is 30.7 Å². The monoisotopic (exact) mass is 381 g/mol. The summed E-state index contributed by atoms with van der Waals surface area (Å²) in [5.74, 6) is -0.765. The molecule has 1 fully saturated rings. The Morgan fingerprint density at radius 3 is 2.46 bits per heavy atom. The Kier molecular flexibility index (Phi) is 6.22. The highest BCUT2D eigenvalue weighted by Gasteiger charge is 2.24. The third kappa shape index (κ3) is 4.46. The summed E-state index contributed by atoms with van der Waals surface area (Å²) in [5.41, 5.74) is 0.409. The lowest BCUT2D eigenvalue weighted by molar-refractivity contribution is -0.133. The van der Waals surface area contributed by atoms with E-state index in [1.165, 1.54) is 12.1 Å². The lowest BCUT2D eigenvalue weighted by Crippen LogP contribution is -2.39. The number of hydrogen-bond acceptors (Lipinski definition) is 4. The predicted octanol–water partition coefficient (Wildman–Crippen LogP) is 2.45. The van der Waals surface area contributed by atoms with Crippen molar-refractivity contribution in [1.29, 1.82) is 5.26 Å². The number of para-hydroxylation sites is 1. The van der Waals surface area contributed by atoms with Gasteiger partial charge in [-0.1, -0.05) is 24.3 Å². The first-order chi connectivity index (χ1) is 13.6. The van der Waals surface area contributed by atoms with Gasteiger partial charge in [0, 0.05) is 26.2 Å². The van der Waals surface area contributed by atoms with Gasteiger partial charge in [0.05, 0.1) is 11.1 Å². The number of ether oxygens (including phenoxy) is 1. The number of halogens is 1. The Labute approximate surface area is 162 Å². The molecule has 0 spiro atoms. The molecule has 2 aromatic rings. The molecule has 3 rings (SSSR count). The average Bonchev–Trinajstić information content (AvgIpc) is 2.98. The fourth-order valence-corrected chi connectivity index (χ4v) is 3.09. The molecule has 0 N–H and O–H groups in total. The summed E-state index contributed by atoms with van der Waals surface area (Å²) < 4.78 is 19.4. The van der Waals surface area contributed by atoms with Gasteiger partial charge in [-0.25, -0.2) is 4.39 Å². The molecule has 1 heterocycles. The van der Waals surface area contributed by atoms with Crippen LogP contribution in [0.3, 0.4) is 0 Å². The van der Waals surface area contributed by atoms with Crippen molar-refractivity contribution in [2.75, 3.05) is 32.8 Å². The van der Waals surface area contributed by atoms with E-state index in [1.54, 1.807) is 46.2 Å². The van der Waals surface area contributed by atoms with E-state index in [4.69, 9.17) is 10.00 Å². The standard InChI is InChI=1S/C21H20FN3O3/c22-18-8-3-2-7-17(18)21(27)25-11-5-10-24(12-13-25)20(26)15-28-19-9-4-1-6-16(19)14-23/h1-4,6-9H,5,10-13,15H2. The van der Waals surface area contributed by atoms with Crippen LogP contribution in [-0.4, -0.2) is 54.4 Å². The average molecular weight is 381 g/mol. The Bertz CT molecular complexity index is 910. The summed E-state index contributed by atoms with van der Waals surface area (Å²) in [4.78, 5) is 28.2. The Hall–Kier alpha value is -3.40. The molecule has 0 bridgehead atoms. The van der Waals surface area contributed by atoms with Crippen molar-refractivity contribution in [1.82, 2.24) is 9.80 Å². The second-order valence-corrected chi connectivity index (χ2v) is 6.40. The minimum atomic E-state index is -0.547. The molecular weight excluding hydrogens is 361 g/mol. The van der Waals surface area contributed by atoms with E-state index in [-0.39, 0.29) is 24.0 Å². The second-order valence-electron chi connectivity index (χ2n) is 6.40. The third-order valence-electron chi connectivity index (χ3n) is 4.60. The quantitative estimate of drug-likeness (QED) is 0.815. The first-order valence-electron chi connectivity index (χ1n) is 9.03. The number of amides is 2. The number of nitrogens with zero attached hydrogens (tertiary/aromatic N) is 3. The highest BCUT2D eigenvalue weighted by molar-refractivity contribution is 5.94. The van der Waals surface area contributed by atoms with Crippen LogP contribution in [0.5, 0.6) is 5.75 Å². The summed E-state index contributed by atoms with van der Waals surface area (Å²) in [6.07, 6.45) is 0.598. The highest BCUT2D eigenvalue weighted by Crippen LogP contribution is 2.17. The molecule has 1 aliphatic heterocycles. The van der Waals surface area contributed by atoms with Gasteiger partial charge in [0.25, 0.3) is 11.8 Å². The van der Waals surface area contributed by atoms with Crippen LogP contribution in [0, 0.1) is 17.1 Å². The van der Waals surface area contributed by atoms with Gasteiger partial charge in [0.2, 0.25) is 0 Å². The van der Waals surface area contributed by atoms with Crippen LogP contribution in [0.15, 0.2) is 48.5 Å². The van der Waals surface area contributed by atoms with Gasteiger partial charge >= 0.3 is 0 Å². The molecule has 0 aliphatic carbocycles. The maximum absolute atomic E-state index is 13.9. The van der Waals surface area contributed by atoms with Crippen molar-refractivity contribution in [2.45, 2.75) is 6.42 Å². The van der Waals surface area contributed by atoms with Crippen molar-refractivity contribution in [3.05, 3.63) is 65.5 Å². The largest absolute Gasteiger partial charge is 0.482 e. The molecule has 0 atom stereocenters. The summed E-state index contributed by atoms with van der Waals surface area (Å²) >= 11 is 0. The number of nitriles is 1. The smallest absolute Gasteiger partial charge is 0.260 e. The first-order valence-corrected chi connectivity index (χ1v) is 9.03. The van der Waals surface area contributed by atoms with Crippen molar-refractivity contribution in [3.63, 3.8) is 0 Å². The molecule has 0 unspecified atom stereocenters. The maximum atomic E-state index is 13.9. The van der Waals surface area contributed by atoms with E-state index in [0.717, 1.165) is 0 Å². The molecule has 2 aromatic carbocycles. The molecule has 1 saturated heterocycles. The molecular formula is C21H20FN3O3. The summed E-state index contributed by atoms with van der Waals surface area (Å²) in [7, 11) is 0. The van der Waals surface area contributed by atoms with Crippen LogP contribution >= 0.6 is 0 Å². The fraction of sp³-hybridized carbons (Fsp3) is 0.286. The molecule has 0 saturated carbocycles. The second kappa shape index (κ2) is 9.00. The summed E-state index contributed by atoms with van der Waals surface area (Å²) in [5, 5.41) is 9.07. The minimum Gasteiger partial charge on any atom is -0.482 e. The summed E-state index contributed by atoms with van der Waals surface area (Å²) in [6, 6.07) is 14.6. The molecule has 144 valence electrons. The van der Waals surface area contributed by atoms with Gasteiger partial charge in [-0.3, -0.25) is 9.59 Å². The van der Waals surface area contributed by atoms with E-state index in [9.17, 15) is 14.0 Å². The van der Waals surface area contributed by atoms with Gasteiger partial charge in [-0.2, -0.15) is 5.26 Å². The van der Waals surface area contributed by atoms with E-state index >= 15 is 0 Å². The Morgan fingerprint density at radius 1 is 1.00 bits per heavy atom. The lowest BCUT2D eigenvalue weighted by atomic mass is 10.2. The zero-order chi connectivity index (χ0) is 19.9. The molecule has 1 aliphatic rings. The van der Waals surface area contributed by atoms with Crippen molar-refractivity contribution >= 4 is 11.8 Å². The molecule has 28 heavy (non-hydrogen) atoms. The van der Waals surface area contributed by atoms with E-state index in [2.05, 4.69) is 0 Å². The minimum absolute atomic E-state index is 0.0405. The van der Waals surface area contributed by atoms with E-state index < -0.39 is 5.82 Å². The zero-order valence-corrected chi connectivity index (χ0v) is 15.3. The molecule has 6 nitrogen and oxygen atoms in total. The van der Waals surface area contributed by atoms with Crippen LogP contribution in [0.4, 0.5) is 4.39 Å².